The van der Waals surface area contributed by atoms with E-state index in [2.05, 4.69) is 10.5 Å². The molecule has 1 aromatic rings. The molecule has 0 bridgehead atoms. The third-order valence-corrected chi connectivity index (χ3v) is 1.41. The van der Waals surface area contributed by atoms with E-state index < -0.39 is 0 Å². The van der Waals surface area contributed by atoms with Gasteiger partial charge in [0.05, 0.1) is 0 Å². The normalized spacial score (nSPS) is 9.83. The molecule has 0 saturated carbocycles. The van der Waals surface area contributed by atoms with Crippen LogP contribution in [0.4, 0.5) is 5.82 Å². The van der Waals surface area contributed by atoms with Gasteiger partial charge >= 0.3 is 0 Å². The summed E-state index contributed by atoms with van der Waals surface area (Å²) in [4.78, 5) is 10.9. The first-order valence-corrected chi connectivity index (χ1v) is 4.05. The highest BCUT2D eigenvalue weighted by molar-refractivity contribution is 6.19. The quantitative estimate of drug-likeness (QED) is 0.733. The number of anilines is 1. The summed E-state index contributed by atoms with van der Waals surface area (Å²) in [5.74, 6) is 1.25. The Hall–Kier alpha value is -1.03. The molecule has 0 unspecified atom stereocenters. The average Bonchev–Trinajstić information content (AvgIpc) is 2.36. The summed E-state index contributed by atoms with van der Waals surface area (Å²) in [6.07, 6.45) is 0.285. The van der Waals surface area contributed by atoms with Gasteiger partial charge in [-0.1, -0.05) is 5.16 Å². The van der Waals surface area contributed by atoms with Crippen LogP contribution in [0.3, 0.4) is 0 Å². The second kappa shape index (κ2) is 4.11. The van der Waals surface area contributed by atoms with Gasteiger partial charge in [0, 0.05) is 18.4 Å². The van der Waals surface area contributed by atoms with Gasteiger partial charge in [-0.15, -0.1) is 11.6 Å². The van der Waals surface area contributed by atoms with Crippen molar-refractivity contribution in [2.45, 2.75) is 13.3 Å². The van der Waals surface area contributed by atoms with Crippen LogP contribution in [0.25, 0.3) is 0 Å². The molecule has 0 spiro atoms. The van der Waals surface area contributed by atoms with E-state index in [1.165, 1.54) is 0 Å². The monoisotopic (exact) mass is 188 g/mol. The predicted octanol–water partition coefficient (Wildman–Crippen LogP) is 1.55. The lowest BCUT2D eigenvalue weighted by Crippen LogP contribution is -2.11. The van der Waals surface area contributed by atoms with E-state index in [0.29, 0.717) is 17.5 Å². The average molecular weight is 189 g/mol. The van der Waals surface area contributed by atoms with Crippen molar-refractivity contribution < 1.29 is 9.32 Å². The Morgan fingerprint density at radius 1 is 1.83 bits per heavy atom. The van der Waals surface area contributed by atoms with Crippen molar-refractivity contribution in [3.8, 4) is 0 Å². The Morgan fingerprint density at radius 3 is 3.08 bits per heavy atom. The second-order valence-electron chi connectivity index (χ2n) is 2.31. The summed E-state index contributed by atoms with van der Waals surface area (Å²) in [5, 5.41) is 6.12. The summed E-state index contributed by atoms with van der Waals surface area (Å²) >= 11 is 5.36. The van der Waals surface area contributed by atoms with Gasteiger partial charge in [-0.2, -0.15) is 0 Å². The molecule has 1 rings (SSSR count). The molecule has 5 heteroatoms. The van der Waals surface area contributed by atoms with E-state index in [4.69, 9.17) is 16.1 Å². The fourth-order valence-corrected chi connectivity index (χ4v) is 0.888. The number of amides is 1. The molecule has 66 valence electrons. The second-order valence-corrected chi connectivity index (χ2v) is 2.69. The van der Waals surface area contributed by atoms with Crippen molar-refractivity contribution in [3.63, 3.8) is 0 Å². The molecule has 1 heterocycles. The van der Waals surface area contributed by atoms with Gasteiger partial charge in [0.15, 0.2) is 5.82 Å². The molecule has 1 aromatic heterocycles. The first-order valence-electron chi connectivity index (χ1n) is 3.51. The Kier molecular flexibility index (Phi) is 3.10. The van der Waals surface area contributed by atoms with Crippen molar-refractivity contribution in [2.75, 3.05) is 11.2 Å². The van der Waals surface area contributed by atoms with Crippen molar-refractivity contribution in [3.05, 3.63) is 11.8 Å². The van der Waals surface area contributed by atoms with E-state index >= 15 is 0 Å². The fraction of sp³-hybridized carbons (Fsp3) is 0.429. The molecule has 0 aliphatic rings. The van der Waals surface area contributed by atoms with Crippen LogP contribution in [0.1, 0.15) is 12.2 Å². The summed E-state index contributed by atoms with van der Waals surface area (Å²) < 4.78 is 4.75. The SMILES string of the molecule is Cc1cc(NC(=O)CCCl)no1. The van der Waals surface area contributed by atoms with E-state index in [1.807, 2.05) is 0 Å². The smallest absolute Gasteiger partial charge is 0.226 e. The van der Waals surface area contributed by atoms with Gasteiger partial charge in [-0.3, -0.25) is 4.79 Å². The fourth-order valence-electron chi connectivity index (χ4n) is 0.716. The lowest BCUT2D eigenvalue weighted by Gasteiger charge is -1.95. The van der Waals surface area contributed by atoms with Gasteiger partial charge in [0.2, 0.25) is 5.91 Å². The molecule has 0 radical (unpaired) electrons. The van der Waals surface area contributed by atoms with Crippen LogP contribution in [0, 0.1) is 6.92 Å². The van der Waals surface area contributed by atoms with Gasteiger partial charge < -0.3 is 9.84 Å². The van der Waals surface area contributed by atoms with Crippen molar-refractivity contribution >= 4 is 23.3 Å². The zero-order valence-electron chi connectivity index (χ0n) is 6.63. The molecule has 0 atom stereocenters. The summed E-state index contributed by atoms with van der Waals surface area (Å²) in [5.41, 5.74) is 0. The van der Waals surface area contributed by atoms with Crippen LogP contribution in [-0.4, -0.2) is 16.9 Å². The largest absolute Gasteiger partial charge is 0.360 e. The molecular weight excluding hydrogens is 180 g/mol. The van der Waals surface area contributed by atoms with Gasteiger partial charge in [0.25, 0.3) is 0 Å². The highest BCUT2D eigenvalue weighted by Crippen LogP contribution is 2.07. The molecular formula is C7H9ClN2O2. The lowest BCUT2D eigenvalue weighted by molar-refractivity contribution is -0.115. The number of rotatable bonds is 3. The number of aryl methyl sites for hydroxylation is 1. The van der Waals surface area contributed by atoms with Crippen molar-refractivity contribution in [1.82, 2.24) is 5.16 Å². The molecule has 0 aromatic carbocycles. The van der Waals surface area contributed by atoms with E-state index in [0.717, 1.165) is 0 Å². The minimum Gasteiger partial charge on any atom is -0.360 e. The molecule has 0 saturated heterocycles. The zero-order valence-corrected chi connectivity index (χ0v) is 7.39. The third kappa shape index (κ3) is 2.54. The van der Waals surface area contributed by atoms with E-state index in [1.54, 1.807) is 13.0 Å². The van der Waals surface area contributed by atoms with Crippen LogP contribution in [0.2, 0.25) is 0 Å². The Bertz CT molecular complexity index is 272. The predicted molar refractivity (Wildman–Crippen MR) is 45.2 cm³/mol. The number of carbonyl (C=O) groups excluding carboxylic acids is 1. The molecule has 1 N–H and O–H groups in total. The molecule has 1 amide bonds. The van der Waals surface area contributed by atoms with Crippen molar-refractivity contribution in [2.24, 2.45) is 0 Å². The maximum Gasteiger partial charge on any atom is 0.226 e. The van der Waals surface area contributed by atoms with Gasteiger partial charge in [-0.25, -0.2) is 0 Å². The highest BCUT2D eigenvalue weighted by atomic mass is 35.5. The van der Waals surface area contributed by atoms with Crippen LogP contribution >= 0.6 is 11.6 Å². The lowest BCUT2D eigenvalue weighted by atomic mass is 10.4. The standard InChI is InChI=1S/C7H9ClN2O2/c1-5-4-6(10-12-5)9-7(11)2-3-8/h4H,2-3H2,1H3,(H,9,10,11). The maximum absolute atomic E-state index is 10.9. The Labute approximate surface area is 74.9 Å². The minimum atomic E-state index is -0.154. The topological polar surface area (TPSA) is 55.1 Å². The van der Waals surface area contributed by atoms with Crippen LogP contribution in [0.5, 0.6) is 0 Å². The van der Waals surface area contributed by atoms with E-state index in [-0.39, 0.29) is 12.3 Å². The highest BCUT2D eigenvalue weighted by Gasteiger charge is 2.04. The molecule has 0 aliphatic carbocycles. The number of halogens is 1. The Balaban J connectivity index is 2.46. The summed E-state index contributed by atoms with van der Waals surface area (Å²) in [6, 6.07) is 1.64. The zero-order chi connectivity index (χ0) is 8.97. The van der Waals surface area contributed by atoms with Crippen LogP contribution in [0.15, 0.2) is 10.6 Å². The van der Waals surface area contributed by atoms with Crippen LogP contribution in [-0.2, 0) is 4.79 Å². The minimum absolute atomic E-state index is 0.154. The summed E-state index contributed by atoms with van der Waals surface area (Å²) in [6.45, 7) is 1.75. The van der Waals surface area contributed by atoms with Gasteiger partial charge in [0.1, 0.15) is 5.76 Å². The number of hydrogen-bond donors (Lipinski definition) is 1. The molecule has 12 heavy (non-hydrogen) atoms. The van der Waals surface area contributed by atoms with E-state index in [9.17, 15) is 4.79 Å². The number of aromatic nitrogens is 1. The molecule has 4 nitrogen and oxygen atoms in total. The number of carbonyl (C=O) groups is 1. The number of nitrogens with one attached hydrogen (secondary N) is 1. The van der Waals surface area contributed by atoms with Crippen LogP contribution < -0.4 is 5.32 Å². The first-order chi connectivity index (χ1) is 5.72. The number of hydrogen-bond acceptors (Lipinski definition) is 3. The van der Waals surface area contributed by atoms with Crippen molar-refractivity contribution in [1.29, 1.82) is 0 Å². The Morgan fingerprint density at radius 2 is 2.58 bits per heavy atom. The first kappa shape index (κ1) is 9.06. The number of nitrogens with zero attached hydrogens (tertiary/aromatic N) is 1. The molecule has 0 aliphatic heterocycles. The molecule has 0 fully saturated rings. The summed E-state index contributed by atoms with van der Waals surface area (Å²) in [7, 11) is 0. The number of alkyl halides is 1. The third-order valence-electron chi connectivity index (χ3n) is 1.22. The maximum atomic E-state index is 10.9. The van der Waals surface area contributed by atoms with Gasteiger partial charge in [-0.05, 0) is 6.92 Å².